The molecule has 0 aliphatic carbocycles. The third-order valence-corrected chi connectivity index (χ3v) is 3.81. The predicted molar refractivity (Wildman–Crippen MR) is 66.9 cm³/mol. The van der Waals surface area contributed by atoms with Gasteiger partial charge in [-0.1, -0.05) is 0 Å². The quantitative estimate of drug-likeness (QED) is 0.725. The van der Waals surface area contributed by atoms with Crippen LogP contribution in [0.2, 0.25) is 0 Å². The molecule has 4 heteroatoms. The van der Waals surface area contributed by atoms with Gasteiger partial charge in [-0.15, -0.1) is 0 Å². The fourth-order valence-electron chi connectivity index (χ4n) is 2.78. The Kier molecular flexibility index (Phi) is 4.40. The average Bonchev–Trinajstić information content (AvgIpc) is 2.29. The van der Waals surface area contributed by atoms with Crippen LogP contribution in [0.25, 0.3) is 0 Å². The molecule has 2 aliphatic rings. The number of amides is 1. The fraction of sp³-hybridized carbons (Fsp3) is 0.923. The number of piperidine rings is 1. The monoisotopic (exact) mass is 240 g/mol. The molecule has 0 bridgehead atoms. The lowest BCUT2D eigenvalue weighted by atomic mass is 10.0. The van der Waals surface area contributed by atoms with Crippen LogP contribution in [0.3, 0.4) is 0 Å². The van der Waals surface area contributed by atoms with E-state index in [0.717, 1.165) is 39.1 Å². The Balaban J connectivity index is 1.83. The van der Waals surface area contributed by atoms with E-state index in [1.807, 2.05) is 0 Å². The number of carbonyl (C=O) groups is 1. The second kappa shape index (κ2) is 5.83. The Bertz CT molecular complexity index is 270. The summed E-state index contributed by atoms with van der Waals surface area (Å²) in [4.78, 5) is 16.5. The van der Waals surface area contributed by atoms with E-state index in [1.54, 1.807) is 0 Å². The van der Waals surface area contributed by atoms with Gasteiger partial charge < -0.3 is 9.64 Å². The average molecular weight is 240 g/mol. The van der Waals surface area contributed by atoms with Crippen molar-refractivity contribution >= 4 is 5.91 Å². The normalized spacial score (nSPS) is 31.5. The van der Waals surface area contributed by atoms with Gasteiger partial charge in [-0.05, 0) is 33.1 Å². The van der Waals surface area contributed by atoms with Gasteiger partial charge in [0.1, 0.15) is 0 Å². The van der Waals surface area contributed by atoms with Crippen LogP contribution in [-0.2, 0) is 9.53 Å². The van der Waals surface area contributed by atoms with Crippen LogP contribution in [0.15, 0.2) is 0 Å². The van der Waals surface area contributed by atoms with Gasteiger partial charge in [0, 0.05) is 25.7 Å². The van der Waals surface area contributed by atoms with Crippen LogP contribution in [-0.4, -0.2) is 60.6 Å². The Labute approximate surface area is 104 Å². The summed E-state index contributed by atoms with van der Waals surface area (Å²) < 4.78 is 5.49. The van der Waals surface area contributed by atoms with Crippen LogP contribution < -0.4 is 0 Å². The zero-order chi connectivity index (χ0) is 12.3. The number of likely N-dealkylation sites (tertiary alicyclic amines) is 1. The first kappa shape index (κ1) is 12.8. The number of hydrogen-bond acceptors (Lipinski definition) is 3. The van der Waals surface area contributed by atoms with Crippen molar-refractivity contribution < 1.29 is 9.53 Å². The zero-order valence-corrected chi connectivity index (χ0v) is 11.0. The highest BCUT2D eigenvalue weighted by atomic mass is 16.5. The van der Waals surface area contributed by atoms with Crippen molar-refractivity contribution in [3.05, 3.63) is 0 Å². The number of morpholine rings is 1. The second-order valence-electron chi connectivity index (χ2n) is 5.35. The molecule has 0 spiro atoms. The van der Waals surface area contributed by atoms with Gasteiger partial charge in [0.15, 0.2) is 0 Å². The lowest BCUT2D eigenvalue weighted by Gasteiger charge is -2.36. The van der Waals surface area contributed by atoms with Crippen molar-refractivity contribution in [3.63, 3.8) is 0 Å². The van der Waals surface area contributed by atoms with Crippen molar-refractivity contribution in [2.75, 3.05) is 32.8 Å². The van der Waals surface area contributed by atoms with Crippen molar-refractivity contribution in [2.45, 2.75) is 45.3 Å². The molecule has 0 aromatic carbocycles. The number of carbonyl (C=O) groups excluding carboxylic acids is 1. The molecule has 0 N–H and O–H groups in total. The highest BCUT2D eigenvalue weighted by Crippen LogP contribution is 2.17. The molecule has 17 heavy (non-hydrogen) atoms. The molecule has 0 aromatic heterocycles. The van der Waals surface area contributed by atoms with Crippen molar-refractivity contribution in [1.29, 1.82) is 0 Å². The molecule has 2 atom stereocenters. The van der Waals surface area contributed by atoms with Gasteiger partial charge >= 0.3 is 0 Å². The maximum atomic E-state index is 12.2. The van der Waals surface area contributed by atoms with Gasteiger partial charge in [-0.3, -0.25) is 9.69 Å². The summed E-state index contributed by atoms with van der Waals surface area (Å²) in [6.45, 7) is 8.27. The molecule has 2 saturated heterocycles. The third-order valence-electron chi connectivity index (χ3n) is 3.81. The van der Waals surface area contributed by atoms with Crippen LogP contribution >= 0.6 is 0 Å². The number of rotatable bonds is 2. The van der Waals surface area contributed by atoms with E-state index in [0.29, 0.717) is 18.5 Å². The first-order chi connectivity index (χ1) is 8.16. The van der Waals surface area contributed by atoms with Crippen LogP contribution in [0, 0.1) is 0 Å². The maximum absolute atomic E-state index is 12.2. The van der Waals surface area contributed by atoms with Crippen molar-refractivity contribution in [1.82, 2.24) is 9.80 Å². The number of hydrogen-bond donors (Lipinski definition) is 0. The minimum atomic E-state index is 0.260. The highest BCUT2D eigenvalue weighted by Gasteiger charge is 2.26. The summed E-state index contributed by atoms with van der Waals surface area (Å²) in [5, 5.41) is 0. The van der Waals surface area contributed by atoms with E-state index in [2.05, 4.69) is 23.6 Å². The summed E-state index contributed by atoms with van der Waals surface area (Å²) in [5.74, 6) is 0.298. The summed E-state index contributed by atoms with van der Waals surface area (Å²) in [6.07, 6.45) is 3.84. The summed E-state index contributed by atoms with van der Waals surface area (Å²) in [6, 6.07) is 0.426. The minimum Gasteiger partial charge on any atom is -0.376 e. The van der Waals surface area contributed by atoms with E-state index in [-0.39, 0.29) is 6.10 Å². The maximum Gasteiger partial charge on any atom is 0.236 e. The van der Waals surface area contributed by atoms with E-state index in [4.69, 9.17) is 4.74 Å². The lowest BCUT2D eigenvalue weighted by molar-refractivity contribution is -0.137. The molecule has 98 valence electrons. The van der Waals surface area contributed by atoms with E-state index in [1.165, 1.54) is 6.42 Å². The summed E-state index contributed by atoms with van der Waals surface area (Å²) in [5.41, 5.74) is 0. The molecular formula is C13H24N2O2. The Morgan fingerprint density at radius 1 is 1.29 bits per heavy atom. The molecule has 2 aliphatic heterocycles. The molecule has 2 heterocycles. The molecule has 0 aromatic rings. The van der Waals surface area contributed by atoms with Gasteiger partial charge in [0.25, 0.3) is 0 Å². The molecule has 2 fully saturated rings. The van der Waals surface area contributed by atoms with Gasteiger partial charge in [-0.25, -0.2) is 0 Å². The molecule has 2 rings (SSSR count). The molecule has 0 saturated carbocycles. The largest absolute Gasteiger partial charge is 0.376 e. The van der Waals surface area contributed by atoms with Crippen molar-refractivity contribution in [3.8, 4) is 0 Å². The van der Waals surface area contributed by atoms with Crippen LogP contribution in [0.5, 0.6) is 0 Å². The highest BCUT2D eigenvalue weighted by molar-refractivity contribution is 5.78. The molecular weight excluding hydrogens is 216 g/mol. The molecule has 0 radical (unpaired) electrons. The Morgan fingerprint density at radius 3 is 2.82 bits per heavy atom. The summed E-state index contributed by atoms with van der Waals surface area (Å²) in [7, 11) is 0. The number of ether oxygens (including phenoxy) is 1. The predicted octanol–water partition coefficient (Wildman–Crippen LogP) is 1.11. The molecule has 2 unspecified atom stereocenters. The second-order valence-corrected chi connectivity index (χ2v) is 5.35. The van der Waals surface area contributed by atoms with Crippen LogP contribution in [0.4, 0.5) is 0 Å². The standard InChI is InChI=1S/C13H24N2O2/c1-11-5-3-4-6-15(11)13(16)10-14-7-8-17-12(2)9-14/h11-12H,3-10H2,1-2H3. The smallest absolute Gasteiger partial charge is 0.236 e. The lowest BCUT2D eigenvalue weighted by Crippen LogP contribution is -2.50. The first-order valence-corrected chi connectivity index (χ1v) is 6.80. The SMILES string of the molecule is CC1CN(CC(=O)N2CCCCC2C)CCO1. The number of nitrogens with zero attached hydrogens (tertiary/aromatic N) is 2. The fourth-order valence-corrected chi connectivity index (χ4v) is 2.78. The van der Waals surface area contributed by atoms with E-state index < -0.39 is 0 Å². The topological polar surface area (TPSA) is 32.8 Å². The van der Waals surface area contributed by atoms with Gasteiger partial charge in [0.2, 0.25) is 5.91 Å². The van der Waals surface area contributed by atoms with E-state index in [9.17, 15) is 4.79 Å². The summed E-state index contributed by atoms with van der Waals surface area (Å²) >= 11 is 0. The molecule has 1 amide bonds. The third kappa shape index (κ3) is 3.42. The zero-order valence-electron chi connectivity index (χ0n) is 11.0. The van der Waals surface area contributed by atoms with Gasteiger partial charge in [0.05, 0.1) is 19.3 Å². The van der Waals surface area contributed by atoms with Crippen LogP contribution in [0.1, 0.15) is 33.1 Å². The molecule has 4 nitrogen and oxygen atoms in total. The Hall–Kier alpha value is -0.610. The minimum absolute atomic E-state index is 0.260. The Morgan fingerprint density at radius 2 is 2.12 bits per heavy atom. The van der Waals surface area contributed by atoms with E-state index >= 15 is 0 Å². The first-order valence-electron chi connectivity index (χ1n) is 6.80. The van der Waals surface area contributed by atoms with Crippen molar-refractivity contribution in [2.24, 2.45) is 0 Å². The van der Waals surface area contributed by atoms with Gasteiger partial charge in [-0.2, -0.15) is 0 Å².